The zero-order valence-corrected chi connectivity index (χ0v) is 29.0. The molecule has 0 aromatic rings. The monoisotopic (exact) mass is 617 g/mol. The van der Waals surface area contributed by atoms with E-state index in [-0.39, 0.29) is 0 Å². The summed E-state index contributed by atoms with van der Waals surface area (Å²) in [5.41, 5.74) is 0. The Morgan fingerprint density at radius 2 is 0.619 bits per heavy atom. The first-order chi connectivity index (χ1) is 20.4. The van der Waals surface area contributed by atoms with E-state index < -0.39 is 7.82 Å². The second-order valence-corrected chi connectivity index (χ2v) is 13.0. The fourth-order valence-electron chi connectivity index (χ4n) is 5.01. The Kier molecular flexibility index (Phi) is 40.1. The number of allylic oxidation sites excluding steroid dienone is 4. The highest BCUT2D eigenvalue weighted by Crippen LogP contribution is 2.25. The van der Waals surface area contributed by atoms with Crippen LogP contribution in [0.15, 0.2) is 24.3 Å². The fourth-order valence-corrected chi connectivity index (χ4v) is 5.01. The SMILES string of the molecule is CCCCCCCC/C=C\CCCCCCCCOCCCCCCCC/C=C\CCCCCCCC.O=P(O)(O)O. The first kappa shape index (κ1) is 43.7. The third kappa shape index (κ3) is 52.2. The molecule has 252 valence electrons. The molecule has 3 N–H and O–H groups in total. The summed E-state index contributed by atoms with van der Waals surface area (Å²) in [5, 5.41) is 0. The second kappa shape index (κ2) is 38.6. The first-order valence-corrected chi connectivity index (χ1v) is 19.6. The van der Waals surface area contributed by atoms with Gasteiger partial charge in [-0.05, 0) is 64.2 Å². The lowest BCUT2D eigenvalue weighted by Gasteiger charge is -2.05. The Balaban J connectivity index is 0. The van der Waals surface area contributed by atoms with E-state index in [1.165, 1.54) is 180 Å². The molecule has 0 heterocycles. The van der Waals surface area contributed by atoms with Crippen LogP contribution in [0, 0.1) is 0 Å². The third-order valence-corrected chi connectivity index (χ3v) is 7.60. The maximum absolute atomic E-state index is 8.88. The average Bonchev–Trinajstić information content (AvgIpc) is 2.94. The fraction of sp³-hybridized carbons (Fsp3) is 0.889. The molecule has 0 saturated carbocycles. The highest BCUT2D eigenvalue weighted by Gasteiger charge is 2.00. The van der Waals surface area contributed by atoms with Gasteiger partial charge in [0.2, 0.25) is 0 Å². The van der Waals surface area contributed by atoms with Crippen LogP contribution in [0.5, 0.6) is 0 Å². The van der Waals surface area contributed by atoms with Crippen molar-refractivity contribution in [3.8, 4) is 0 Å². The number of rotatable bonds is 32. The molecule has 0 atom stereocenters. The van der Waals surface area contributed by atoms with E-state index in [0.29, 0.717) is 0 Å². The standard InChI is InChI=1S/C36H70O.H3O4P/c1-3-5-7-9-11-13-15-17-19-21-23-25-27-29-31-33-35-37-36-34-32-30-28-26-24-22-20-18-16-14-12-10-8-6-4-2;1-5(2,3)4/h17-20H,3-16,21-36H2,1-2H3;(H3,1,2,3,4)/b19-17-,20-18-;. The summed E-state index contributed by atoms with van der Waals surface area (Å²) < 4.78 is 14.7. The molecule has 0 fully saturated rings. The van der Waals surface area contributed by atoms with Gasteiger partial charge in [-0.3, -0.25) is 0 Å². The summed E-state index contributed by atoms with van der Waals surface area (Å²) >= 11 is 0. The zero-order chi connectivity index (χ0) is 31.2. The Morgan fingerprint density at radius 3 is 0.881 bits per heavy atom. The van der Waals surface area contributed by atoms with Crippen molar-refractivity contribution in [3.63, 3.8) is 0 Å². The molecule has 42 heavy (non-hydrogen) atoms. The highest BCUT2D eigenvalue weighted by atomic mass is 31.2. The number of ether oxygens (including phenoxy) is 1. The molecule has 0 unspecified atom stereocenters. The van der Waals surface area contributed by atoms with Gasteiger partial charge in [0.15, 0.2) is 0 Å². The minimum atomic E-state index is -4.64. The largest absolute Gasteiger partial charge is 0.466 e. The van der Waals surface area contributed by atoms with Gasteiger partial charge in [-0.1, -0.05) is 154 Å². The molecule has 0 amide bonds. The molecule has 0 radical (unpaired) electrons. The second-order valence-electron chi connectivity index (χ2n) is 12.0. The molecule has 0 aromatic heterocycles. The van der Waals surface area contributed by atoms with E-state index in [4.69, 9.17) is 24.0 Å². The van der Waals surface area contributed by atoms with Crippen LogP contribution in [0.3, 0.4) is 0 Å². The Hall–Kier alpha value is -0.450. The maximum Gasteiger partial charge on any atom is 0.466 e. The molecule has 0 aliphatic rings. The van der Waals surface area contributed by atoms with E-state index in [2.05, 4.69) is 38.2 Å². The molecular formula is C36H73O5P. The van der Waals surface area contributed by atoms with Crippen molar-refractivity contribution in [2.24, 2.45) is 0 Å². The molecule has 0 bridgehead atoms. The predicted molar refractivity (Wildman–Crippen MR) is 184 cm³/mol. The summed E-state index contributed by atoms with van der Waals surface area (Å²) in [5.74, 6) is 0. The molecule has 0 aromatic carbocycles. The van der Waals surface area contributed by atoms with Crippen molar-refractivity contribution in [3.05, 3.63) is 24.3 Å². The van der Waals surface area contributed by atoms with E-state index in [1.807, 2.05) is 0 Å². The van der Waals surface area contributed by atoms with Gasteiger partial charge in [0.1, 0.15) is 0 Å². The lowest BCUT2D eigenvalue weighted by Crippen LogP contribution is -1.97. The summed E-state index contributed by atoms with van der Waals surface area (Å²) in [6.07, 6.45) is 48.1. The van der Waals surface area contributed by atoms with Gasteiger partial charge >= 0.3 is 7.82 Å². The van der Waals surface area contributed by atoms with Crippen LogP contribution >= 0.6 is 7.82 Å². The van der Waals surface area contributed by atoms with Gasteiger partial charge in [-0.25, -0.2) is 4.57 Å². The molecule has 5 nitrogen and oxygen atoms in total. The molecule has 0 saturated heterocycles. The van der Waals surface area contributed by atoms with Crippen LogP contribution in [-0.4, -0.2) is 27.9 Å². The minimum Gasteiger partial charge on any atom is -0.381 e. The Bertz CT molecular complexity index is 539. The van der Waals surface area contributed by atoms with Gasteiger partial charge in [0, 0.05) is 13.2 Å². The molecule has 0 rings (SSSR count). The minimum absolute atomic E-state index is 0.978. The first-order valence-electron chi connectivity index (χ1n) is 18.1. The quantitative estimate of drug-likeness (QED) is 0.0397. The van der Waals surface area contributed by atoms with Crippen LogP contribution in [0.2, 0.25) is 0 Å². The van der Waals surface area contributed by atoms with Gasteiger partial charge < -0.3 is 19.4 Å². The van der Waals surface area contributed by atoms with Crippen LogP contribution < -0.4 is 0 Å². The van der Waals surface area contributed by atoms with Crippen molar-refractivity contribution in [1.29, 1.82) is 0 Å². The van der Waals surface area contributed by atoms with E-state index in [0.717, 1.165) is 13.2 Å². The molecule has 6 heteroatoms. The maximum atomic E-state index is 8.88. The van der Waals surface area contributed by atoms with Crippen molar-refractivity contribution >= 4 is 7.82 Å². The van der Waals surface area contributed by atoms with E-state index >= 15 is 0 Å². The van der Waals surface area contributed by atoms with Crippen LogP contribution in [0.25, 0.3) is 0 Å². The van der Waals surface area contributed by atoms with Crippen molar-refractivity contribution < 1.29 is 24.0 Å². The normalized spacial score (nSPS) is 11.9. The van der Waals surface area contributed by atoms with Crippen LogP contribution in [-0.2, 0) is 9.30 Å². The summed E-state index contributed by atoms with van der Waals surface area (Å²) in [4.78, 5) is 21.6. The number of unbranched alkanes of at least 4 members (excludes halogenated alkanes) is 24. The van der Waals surface area contributed by atoms with Crippen molar-refractivity contribution in [2.45, 2.75) is 194 Å². The molecule has 0 aliphatic carbocycles. The highest BCUT2D eigenvalue weighted by molar-refractivity contribution is 7.45. The lowest BCUT2D eigenvalue weighted by molar-refractivity contribution is 0.125. The molecule has 0 spiro atoms. The van der Waals surface area contributed by atoms with E-state index in [9.17, 15) is 0 Å². The van der Waals surface area contributed by atoms with Gasteiger partial charge in [-0.2, -0.15) is 0 Å². The van der Waals surface area contributed by atoms with Crippen molar-refractivity contribution in [2.75, 3.05) is 13.2 Å². The predicted octanol–water partition coefficient (Wildman–Crippen LogP) is 12.1. The summed E-state index contributed by atoms with van der Waals surface area (Å²) in [6.45, 7) is 6.54. The summed E-state index contributed by atoms with van der Waals surface area (Å²) in [7, 11) is -4.64. The van der Waals surface area contributed by atoms with Crippen LogP contribution in [0.1, 0.15) is 194 Å². The lowest BCUT2D eigenvalue weighted by atomic mass is 10.1. The van der Waals surface area contributed by atoms with Gasteiger partial charge in [0.25, 0.3) is 0 Å². The Morgan fingerprint density at radius 1 is 0.405 bits per heavy atom. The topological polar surface area (TPSA) is 87.0 Å². The number of hydrogen-bond acceptors (Lipinski definition) is 2. The third-order valence-electron chi connectivity index (χ3n) is 7.60. The van der Waals surface area contributed by atoms with E-state index in [1.54, 1.807) is 0 Å². The zero-order valence-electron chi connectivity index (χ0n) is 28.1. The summed E-state index contributed by atoms with van der Waals surface area (Å²) in [6, 6.07) is 0. The molecule has 0 aliphatic heterocycles. The molecular weight excluding hydrogens is 543 g/mol. The van der Waals surface area contributed by atoms with Crippen LogP contribution in [0.4, 0.5) is 0 Å². The average molecular weight is 617 g/mol. The number of hydrogen-bond donors (Lipinski definition) is 3. The smallest absolute Gasteiger partial charge is 0.381 e. The van der Waals surface area contributed by atoms with Gasteiger partial charge in [0.05, 0.1) is 0 Å². The van der Waals surface area contributed by atoms with Crippen molar-refractivity contribution in [1.82, 2.24) is 0 Å². The Labute approximate surface area is 262 Å². The van der Waals surface area contributed by atoms with Gasteiger partial charge in [-0.15, -0.1) is 0 Å². The number of phosphoric acid groups is 1.